The fraction of sp³-hybridized carbons (Fsp3) is 0.167. The number of benzene rings is 2. The summed E-state index contributed by atoms with van der Waals surface area (Å²) in [6.07, 6.45) is 3.31. The van der Waals surface area contributed by atoms with Gasteiger partial charge in [-0.25, -0.2) is 0 Å². The number of fused-ring (bicyclic) bond motifs is 1. The zero-order valence-electron chi connectivity index (χ0n) is 19.3. The molecule has 180 valence electrons. The molecule has 35 heavy (non-hydrogen) atoms. The normalized spacial score (nSPS) is 10.7. The number of aromatic nitrogens is 3. The Balaban J connectivity index is 1.85. The molecule has 0 fully saturated rings. The van der Waals surface area contributed by atoms with Crippen LogP contribution in [0.2, 0.25) is 0 Å². The second-order valence-corrected chi connectivity index (χ2v) is 9.45. The Morgan fingerprint density at radius 2 is 1.77 bits per heavy atom. The van der Waals surface area contributed by atoms with Crippen LogP contribution in [0.5, 0.6) is 17.2 Å². The van der Waals surface area contributed by atoms with Crippen LogP contribution in [0.15, 0.2) is 54.9 Å². The van der Waals surface area contributed by atoms with Crippen LogP contribution in [0.1, 0.15) is 10.4 Å². The molecule has 0 radical (unpaired) electrons. The summed E-state index contributed by atoms with van der Waals surface area (Å²) in [6.45, 7) is -0.102. The molecule has 0 saturated heterocycles. The van der Waals surface area contributed by atoms with E-state index in [1.165, 1.54) is 14.2 Å². The number of rotatable bonds is 9. The van der Waals surface area contributed by atoms with E-state index in [0.29, 0.717) is 28.8 Å². The van der Waals surface area contributed by atoms with E-state index in [-0.39, 0.29) is 12.5 Å². The Labute approximate surface area is 207 Å². The molecule has 11 heteroatoms. The van der Waals surface area contributed by atoms with Gasteiger partial charge >= 0.3 is 208 Å². The number of likely N-dealkylation sites (N-methyl/N-ethyl adjacent to an activating group) is 1. The predicted octanol–water partition coefficient (Wildman–Crippen LogP) is 0.316. The molecule has 0 aliphatic carbocycles. The molecule has 2 aromatic heterocycles. The first-order valence-electron chi connectivity index (χ1n) is 10.4. The maximum atomic E-state index is 12.3. The van der Waals surface area contributed by atoms with Gasteiger partial charge in [0.1, 0.15) is 0 Å². The van der Waals surface area contributed by atoms with E-state index >= 15 is 0 Å². The summed E-state index contributed by atoms with van der Waals surface area (Å²) >= 11 is -0.398. The standard InChI is InChI=1S/C24H23N5O5Se/c1-26-21(30)13-34-15-6-5-14-9-22(29(17(14)10-15)24-27-7-4-8-28-24)35-20-12-19(33-3)18(32-2)11-16(20)23(25)31/h4-12H,13H2,1-3H3,(H2,25,31)(H,26,30). The molecular formula is C24H23N5O5Se. The number of hydrogen-bond donors (Lipinski definition) is 2. The third kappa shape index (κ3) is 5.06. The van der Waals surface area contributed by atoms with Gasteiger partial charge in [0.25, 0.3) is 0 Å². The van der Waals surface area contributed by atoms with Crippen LogP contribution in [0.25, 0.3) is 16.9 Å². The number of nitrogens with two attached hydrogens (primary N) is 1. The van der Waals surface area contributed by atoms with Crippen molar-refractivity contribution in [2.24, 2.45) is 5.73 Å². The van der Waals surface area contributed by atoms with Crippen LogP contribution in [-0.4, -0.2) is 69.2 Å². The van der Waals surface area contributed by atoms with Crippen molar-refractivity contribution in [1.29, 1.82) is 0 Å². The van der Waals surface area contributed by atoms with E-state index in [2.05, 4.69) is 15.3 Å². The number of carbonyl (C=O) groups excluding carboxylic acids is 2. The monoisotopic (exact) mass is 541 g/mol. The van der Waals surface area contributed by atoms with E-state index in [1.54, 1.807) is 43.7 Å². The Hall–Kier alpha value is -4.08. The Morgan fingerprint density at radius 1 is 1.06 bits per heavy atom. The summed E-state index contributed by atoms with van der Waals surface area (Å²) < 4.78 is 19.9. The van der Waals surface area contributed by atoms with Crippen LogP contribution < -0.4 is 34.3 Å². The predicted molar refractivity (Wildman–Crippen MR) is 132 cm³/mol. The van der Waals surface area contributed by atoms with E-state index in [1.807, 2.05) is 22.8 Å². The fourth-order valence-electron chi connectivity index (χ4n) is 3.40. The van der Waals surface area contributed by atoms with Crippen LogP contribution in [0.4, 0.5) is 0 Å². The molecule has 4 rings (SSSR count). The van der Waals surface area contributed by atoms with Gasteiger partial charge in [0.05, 0.1) is 0 Å². The summed E-state index contributed by atoms with van der Waals surface area (Å²) in [7, 11) is 4.59. The Kier molecular flexibility index (Phi) is 7.19. The topological polar surface area (TPSA) is 131 Å². The number of nitrogens with one attached hydrogen (secondary N) is 1. The van der Waals surface area contributed by atoms with Crippen molar-refractivity contribution in [3.05, 3.63) is 60.4 Å². The van der Waals surface area contributed by atoms with E-state index in [4.69, 9.17) is 19.9 Å². The Bertz CT molecular complexity index is 1390. The molecular weight excluding hydrogens is 517 g/mol. The summed E-state index contributed by atoms with van der Waals surface area (Å²) in [5.41, 5.74) is 6.84. The van der Waals surface area contributed by atoms with Crippen LogP contribution in [0.3, 0.4) is 0 Å². The number of ether oxygens (including phenoxy) is 3. The molecule has 10 nitrogen and oxygen atoms in total. The minimum atomic E-state index is -0.564. The average Bonchev–Trinajstić information content (AvgIpc) is 3.24. The number of carbonyl (C=O) groups is 2. The molecule has 0 unspecified atom stereocenters. The number of amides is 2. The zero-order valence-corrected chi connectivity index (χ0v) is 21.0. The van der Waals surface area contributed by atoms with E-state index in [0.717, 1.165) is 20.0 Å². The summed E-state index contributed by atoms with van der Waals surface area (Å²) in [4.78, 5) is 32.7. The second-order valence-electron chi connectivity index (χ2n) is 7.22. The van der Waals surface area contributed by atoms with E-state index < -0.39 is 20.9 Å². The molecule has 0 spiro atoms. The van der Waals surface area contributed by atoms with Crippen molar-refractivity contribution < 1.29 is 23.8 Å². The van der Waals surface area contributed by atoms with Crippen molar-refractivity contribution >= 4 is 46.7 Å². The first-order valence-corrected chi connectivity index (χ1v) is 12.2. The molecule has 0 aliphatic rings. The summed E-state index contributed by atoms with van der Waals surface area (Å²) in [6, 6.07) is 12.6. The number of primary amides is 1. The molecule has 3 N–H and O–H groups in total. The van der Waals surface area contributed by atoms with Crippen LogP contribution in [-0.2, 0) is 4.79 Å². The molecule has 2 amide bonds. The van der Waals surface area contributed by atoms with Gasteiger partial charge in [-0.2, -0.15) is 0 Å². The maximum absolute atomic E-state index is 12.3. The SMILES string of the molecule is CNC(=O)COc1ccc2cc([Se]c3cc(OC)c(OC)cc3C(N)=O)n(-c3ncccn3)c2c1. The van der Waals surface area contributed by atoms with Crippen molar-refractivity contribution in [2.45, 2.75) is 0 Å². The van der Waals surface area contributed by atoms with Crippen molar-refractivity contribution in [3.63, 3.8) is 0 Å². The molecule has 0 aliphatic heterocycles. The van der Waals surface area contributed by atoms with Crippen LogP contribution in [0, 0.1) is 0 Å². The minimum absolute atomic E-state index is 0.102. The Morgan fingerprint density at radius 3 is 2.43 bits per heavy atom. The number of methoxy groups -OCH3 is 2. The average molecular weight is 540 g/mol. The summed E-state index contributed by atoms with van der Waals surface area (Å²) in [5, 5.41) is 3.45. The van der Waals surface area contributed by atoms with Gasteiger partial charge in [-0.15, -0.1) is 0 Å². The molecule has 2 aromatic carbocycles. The third-order valence-corrected chi connectivity index (χ3v) is 7.35. The van der Waals surface area contributed by atoms with Gasteiger partial charge < -0.3 is 0 Å². The molecule has 4 aromatic rings. The van der Waals surface area contributed by atoms with Gasteiger partial charge in [-0.1, -0.05) is 0 Å². The first-order chi connectivity index (χ1) is 16.9. The fourth-order valence-corrected chi connectivity index (χ4v) is 5.75. The summed E-state index contributed by atoms with van der Waals surface area (Å²) in [5.74, 6) is 1.11. The molecule has 0 atom stereocenters. The third-order valence-electron chi connectivity index (χ3n) is 5.11. The molecule has 0 bridgehead atoms. The first kappa shape index (κ1) is 24.1. The number of nitrogens with zero attached hydrogens (tertiary/aromatic N) is 3. The molecule has 2 heterocycles. The van der Waals surface area contributed by atoms with Gasteiger partial charge in [-0.3, -0.25) is 0 Å². The van der Waals surface area contributed by atoms with Gasteiger partial charge in [-0.05, 0) is 0 Å². The van der Waals surface area contributed by atoms with Crippen LogP contribution >= 0.6 is 0 Å². The van der Waals surface area contributed by atoms with E-state index in [9.17, 15) is 9.59 Å². The molecule has 0 saturated carbocycles. The zero-order chi connectivity index (χ0) is 24.9. The second kappa shape index (κ2) is 10.5. The van der Waals surface area contributed by atoms with Crippen molar-refractivity contribution in [1.82, 2.24) is 19.9 Å². The number of hydrogen-bond acceptors (Lipinski definition) is 7. The van der Waals surface area contributed by atoms with Crippen molar-refractivity contribution in [2.75, 3.05) is 27.9 Å². The van der Waals surface area contributed by atoms with Gasteiger partial charge in [0.2, 0.25) is 0 Å². The van der Waals surface area contributed by atoms with Gasteiger partial charge in [0, 0.05) is 0 Å². The van der Waals surface area contributed by atoms with Crippen molar-refractivity contribution in [3.8, 4) is 23.2 Å². The van der Waals surface area contributed by atoms with Gasteiger partial charge in [0.15, 0.2) is 0 Å². The quantitative estimate of drug-likeness (QED) is 0.293.